The van der Waals surface area contributed by atoms with Crippen molar-refractivity contribution < 1.29 is 22.3 Å². The van der Waals surface area contributed by atoms with Gasteiger partial charge in [0.05, 0.1) is 18.6 Å². The van der Waals surface area contributed by atoms with Gasteiger partial charge in [0.2, 0.25) is 15.9 Å². The van der Waals surface area contributed by atoms with Crippen LogP contribution in [0.5, 0.6) is 5.75 Å². The predicted molar refractivity (Wildman–Crippen MR) is 99.4 cm³/mol. The van der Waals surface area contributed by atoms with E-state index >= 15 is 0 Å². The van der Waals surface area contributed by atoms with Crippen molar-refractivity contribution >= 4 is 27.3 Å². The zero-order chi connectivity index (χ0) is 19.2. The van der Waals surface area contributed by atoms with Crippen LogP contribution < -0.4 is 14.4 Å². The number of halogens is 1. The van der Waals surface area contributed by atoms with Gasteiger partial charge in [-0.25, -0.2) is 12.8 Å². The summed E-state index contributed by atoms with van der Waals surface area (Å²) in [6, 6.07) is 12.2. The Kier molecular flexibility index (Phi) is 6.57. The van der Waals surface area contributed by atoms with Crippen LogP contribution in [-0.4, -0.2) is 33.7 Å². The van der Waals surface area contributed by atoms with Gasteiger partial charge in [-0.15, -0.1) is 0 Å². The minimum atomic E-state index is -3.62. The fourth-order valence-electron chi connectivity index (χ4n) is 2.40. The Hall–Kier alpha value is -2.61. The average molecular weight is 380 g/mol. The number of hydrogen-bond donors (Lipinski definition) is 1. The number of anilines is 2. The van der Waals surface area contributed by atoms with Gasteiger partial charge in [0, 0.05) is 18.7 Å². The van der Waals surface area contributed by atoms with E-state index in [1.54, 1.807) is 37.3 Å². The molecule has 140 valence electrons. The average Bonchev–Trinajstić information content (AvgIpc) is 2.55. The Morgan fingerprint density at radius 2 is 1.92 bits per heavy atom. The third-order valence-electron chi connectivity index (χ3n) is 3.48. The highest BCUT2D eigenvalue weighted by Gasteiger charge is 2.22. The summed E-state index contributed by atoms with van der Waals surface area (Å²) in [6.07, 6.45) is 0.976. The van der Waals surface area contributed by atoms with Crippen molar-refractivity contribution in [2.45, 2.75) is 13.3 Å². The molecule has 0 heterocycles. The molecule has 2 aromatic rings. The number of carbonyl (C=O) groups excluding carboxylic acids is 1. The third-order valence-corrected chi connectivity index (χ3v) is 4.66. The number of para-hydroxylation sites is 2. The van der Waals surface area contributed by atoms with E-state index in [0.29, 0.717) is 23.7 Å². The topological polar surface area (TPSA) is 75.7 Å². The molecule has 1 N–H and O–H groups in total. The van der Waals surface area contributed by atoms with Gasteiger partial charge in [-0.1, -0.05) is 18.2 Å². The number of benzene rings is 2. The van der Waals surface area contributed by atoms with Crippen molar-refractivity contribution in [2.24, 2.45) is 0 Å². The SMILES string of the molecule is CCOc1ccccc1N(CCC(=O)Nc1cccc(F)c1)S(C)(=O)=O. The molecule has 0 aliphatic heterocycles. The molecule has 26 heavy (non-hydrogen) atoms. The second-order valence-electron chi connectivity index (χ2n) is 5.54. The summed E-state index contributed by atoms with van der Waals surface area (Å²) in [7, 11) is -3.62. The maximum atomic E-state index is 13.2. The molecule has 2 rings (SSSR count). The smallest absolute Gasteiger partial charge is 0.232 e. The second kappa shape index (κ2) is 8.66. The molecule has 6 nitrogen and oxygen atoms in total. The molecule has 8 heteroatoms. The predicted octanol–water partition coefficient (Wildman–Crippen LogP) is 3.02. The first kappa shape index (κ1) is 19.7. The Morgan fingerprint density at radius 1 is 1.19 bits per heavy atom. The summed E-state index contributed by atoms with van der Waals surface area (Å²) in [6.45, 7) is 2.12. The van der Waals surface area contributed by atoms with Gasteiger partial charge >= 0.3 is 0 Å². The van der Waals surface area contributed by atoms with E-state index in [4.69, 9.17) is 4.74 Å². The summed E-state index contributed by atoms with van der Waals surface area (Å²) < 4.78 is 44.2. The Bertz CT molecular complexity index is 871. The third kappa shape index (κ3) is 5.45. The van der Waals surface area contributed by atoms with Gasteiger partial charge in [0.1, 0.15) is 11.6 Å². The maximum absolute atomic E-state index is 13.2. The van der Waals surface area contributed by atoms with E-state index in [1.807, 2.05) is 0 Å². The van der Waals surface area contributed by atoms with Gasteiger partial charge in [-0.3, -0.25) is 9.10 Å². The second-order valence-corrected chi connectivity index (χ2v) is 7.45. The Labute approximate surface area is 152 Å². The Morgan fingerprint density at radius 3 is 2.58 bits per heavy atom. The lowest BCUT2D eigenvalue weighted by molar-refractivity contribution is -0.116. The molecule has 1 amide bonds. The van der Waals surface area contributed by atoms with Crippen molar-refractivity contribution in [2.75, 3.05) is 29.0 Å². The lowest BCUT2D eigenvalue weighted by Gasteiger charge is -2.24. The molecule has 0 aromatic heterocycles. The van der Waals surface area contributed by atoms with E-state index in [0.717, 1.165) is 10.6 Å². The number of hydrogen-bond acceptors (Lipinski definition) is 4. The normalized spacial score (nSPS) is 11.0. The van der Waals surface area contributed by atoms with Crippen molar-refractivity contribution in [1.82, 2.24) is 0 Å². The van der Waals surface area contributed by atoms with Crippen molar-refractivity contribution in [3.8, 4) is 5.75 Å². The van der Waals surface area contributed by atoms with Crippen LogP contribution in [0, 0.1) is 5.82 Å². The maximum Gasteiger partial charge on any atom is 0.232 e. The van der Waals surface area contributed by atoms with Crippen molar-refractivity contribution in [1.29, 1.82) is 0 Å². The summed E-state index contributed by atoms with van der Waals surface area (Å²) in [5.41, 5.74) is 0.686. The van der Waals surface area contributed by atoms with Crippen LogP contribution in [-0.2, 0) is 14.8 Å². The monoisotopic (exact) mass is 380 g/mol. The number of sulfonamides is 1. The first-order chi connectivity index (χ1) is 12.3. The van der Waals surface area contributed by atoms with Crippen molar-refractivity contribution in [3.05, 3.63) is 54.3 Å². The number of ether oxygens (including phenoxy) is 1. The van der Waals surface area contributed by atoms with Gasteiger partial charge in [-0.2, -0.15) is 0 Å². The highest BCUT2D eigenvalue weighted by Crippen LogP contribution is 2.30. The van der Waals surface area contributed by atoms with Crippen LogP contribution >= 0.6 is 0 Å². The molecule has 0 bridgehead atoms. The van der Waals surface area contributed by atoms with Crippen LogP contribution in [0.2, 0.25) is 0 Å². The van der Waals surface area contributed by atoms with Gasteiger partial charge in [-0.05, 0) is 37.3 Å². The minimum Gasteiger partial charge on any atom is -0.492 e. The van der Waals surface area contributed by atoms with E-state index < -0.39 is 21.7 Å². The van der Waals surface area contributed by atoms with E-state index in [2.05, 4.69) is 5.32 Å². The summed E-state index contributed by atoms with van der Waals surface area (Å²) in [5, 5.41) is 2.55. The fraction of sp³-hybridized carbons (Fsp3) is 0.278. The van der Waals surface area contributed by atoms with Crippen LogP contribution in [0.4, 0.5) is 15.8 Å². The molecule has 0 fully saturated rings. The first-order valence-electron chi connectivity index (χ1n) is 8.06. The number of rotatable bonds is 8. The minimum absolute atomic E-state index is 0.0654. The number of carbonyl (C=O) groups is 1. The molecular formula is C18H21FN2O4S. The zero-order valence-electron chi connectivity index (χ0n) is 14.6. The Balaban J connectivity index is 2.13. The quantitative estimate of drug-likeness (QED) is 0.764. The highest BCUT2D eigenvalue weighted by molar-refractivity contribution is 7.92. The molecule has 2 aromatic carbocycles. The van der Waals surface area contributed by atoms with E-state index in [9.17, 15) is 17.6 Å². The molecule has 0 aliphatic rings. The molecule has 0 atom stereocenters. The highest BCUT2D eigenvalue weighted by atomic mass is 32.2. The van der Waals surface area contributed by atoms with Crippen molar-refractivity contribution in [3.63, 3.8) is 0 Å². The van der Waals surface area contributed by atoms with E-state index in [-0.39, 0.29) is 13.0 Å². The number of amides is 1. The van der Waals surface area contributed by atoms with Crippen LogP contribution in [0.15, 0.2) is 48.5 Å². The molecular weight excluding hydrogens is 359 g/mol. The standard InChI is InChI=1S/C18H21FN2O4S/c1-3-25-17-10-5-4-9-16(17)21(26(2,23)24)12-11-18(22)20-15-8-6-7-14(19)13-15/h4-10,13H,3,11-12H2,1-2H3,(H,20,22). The van der Waals surface area contributed by atoms with Crippen LogP contribution in [0.3, 0.4) is 0 Å². The zero-order valence-corrected chi connectivity index (χ0v) is 15.4. The summed E-state index contributed by atoms with van der Waals surface area (Å²) in [5.74, 6) is -0.463. The van der Waals surface area contributed by atoms with Crippen LogP contribution in [0.1, 0.15) is 13.3 Å². The molecule has 0 saturated heterocycles. The van der Waals surface area contributed by atoms with Gasteiger partial charge in [0.25, 0.3) is 0 Å². The molecule has 0 radical (unpaired) electrons. The van der Waals surface area contributed by atoms with Crippen LogP contribution in [0.25, 0.3) is 0 Å². The molecule has 0 saturated carbocycles. The number of nitrogens with zero attached hydrogens (tertiary/aromatic N) is 1. The largest absolute Gasteiger partial charge is 0.492 e. The molecule has 0 spiro atoms. The first-order valence-corrected chi connectivity index (χ1v) is 9.91. The lowest BCUT2D eigenvalue weighted by Crippen LogP contribution is -2.33. The summed E-state index contributed by atoms with van der Waals surface area (Å²) in [4.78, 5) is 12.1. The molecule has 0 aliphatic carbocycles. The van der Waals surface area contributed by atoms with E-state index in [1.165, 1.54) is 18.2 Å². The summed E-state index contributed by atoms with van der Waals surface area (Å²) >= 11 is 0. The number of nitrogens with one attached hydrogen (secondary N) is 1. The lowest BCUT2D eigenvalue weighted by atomic mass is 10.2. The molecule has 0 unspecified atom stereocenters. The van der Waals surface area contributed by atoms with Gasteiger partial charge in [0.15, 0.2) is 0 Å². The van der Waals surface area contributed by atoms with Gasteiger partial charge < -0.3 is 10.1 Å². The fourth-order valence-corrected chi connectivity index (χ4v) is 3.33.